The van der Waals surface area contributed by atoms with Crippen LogP contribution < -0.4 is 0 Å². The lowest BCUT2D eigenvalue weighted by molar-refractivity contribution is -0.133. The fraction of sp³-hybridized carbons (Fsp3) is 0.500. The summed E-state index contributed by atoms with van der Waals surface area (Å²) in [4.78, 5) is 11.2. The summed E-state index contributed by atoms with van der Waals surface area (Å²) in [6.07, 6.45) is 3.12. The van der Waals surface area contributed by atoms with Crippen LogP contribution >= 0.6 is 0 Å². The van der Waals surface area contributed by atoms with Gasteiger partial charge >= 0.3 is 5.97 Å². The van der Waals surface area contributed by atoms with E-state index in [2.05, 4.69) is 6.92 Å². The summed E-state index contributed by atoms with van der Waals surface area (Å²) in [5, 5.41) is 0. The monoisotopic (exact) mass is 164 g/mol. The summed E-state index contributed by atoms with van der Waals surface area (Å²) in [6, 6.07) is 0. The Morgan fingerprint density at radius 3 is 2.58 bits per heavy atom. The second-order valence-corrected chi connectivity index (χ2v) is 3.28. The minimum absolute atomic E-state index is 0.152. The number of cyclic esters (lactones) is 1. The molecule has 1 fully saturated rings. The highest BCUT2D eigenvalue weighted by Crippen LogP contribution is 2.40. The maximum absolute atomic E-state index is 11.2. The first kappa shape index (κ1) is 7.59. The van der Waals surface area contributed by atoms with Crippen LogP contribution in [0.15, 0.2) is 22.5 Å². The number of hydrogen-bond donors (Lipinski definition) is 0. The van der Waals surface area contributed by atoms with Crippen LogP contribution in [0, 0.1) is 0 Å². The summed E-state index contributed by atoms with van der Waals surface area (Å²) >= 11 is 0. The maximum Gasteiger partial charge on any atom is 0.339 e. The molecule has 0 aromatic rings. The van der Waals surface area contributed by atoms with Gasteiger partial charge in [0.15, 0.2) is 0 Å². The zero-order chi connectivity index (χ0) is 8.72. The molecule has 12 heavy (non-hydrogen) atoms. The third kappa shape index (κ3) is 0.986. The second kappa shape index (κ2) is 2.47. The van der Waals surface area contributed by atoms with Crippen LogP contribution in [-0.4, -0.2) is 5.97 Å². The molecule has 1 heterocycles. The van der Waals surface area contributed by atoms with Crippen molar-refractivity contribution in [2.75, 3.05) is 0 Å². The van der Waals surface area contributed by atoms with E-state index in [1.54, 1.807) is 0 Å². The van der Waals surface area contributed by atoms with Crippen molar-refractivity contribution in [1.29, 1.82) is 0 Å². The molecular weight excluding hydrogens is 152 g/mol. The fourth-order valence-electron chi connectivity index (χ4n) is 1.53. The molecule has 2 heteroatoms. The van der Waals surface area contributed by atoms with Gasteiger partial charge < -0.3 is 4.74 Å². The van der Waals surface area contributed by atoms with Gasteiger partial charge in [0.1, 0.15) is 5.76 Å². The molecule has 1 aliphatic carbocycles. The SMILES string of the molecule is CCC1=C(C)C(=O)OC1=C1CC1. The van der Waals surface area contributed by atoms with Crippen LogP contribution in [0.4, 0.5) is 0 Å². The van der Waals surface area contributed by atoms with E-state index in [4.69, 9.17) is 4.74 Å². The Balaban J connectivity index is 2.43. The summed E-state index contributed by atoms with van der Waals surface area (Å²) < 4.78 is 5.17. The lowest BCUT2D eigenvalue weighted by Gasteiger charge is -1.98. The van der Waals surface area contributed by atoms with Crippen molar-refractivity contribution >= 4 is 5.97 Å². The smallest absolute Gasteiger partial charge is 0.339 e. The van der Waals surface area contributed by atoms with E-state index in [0.717, 1.165) is 36.2 Å². The van der Waals surface area contributed by atoms with E-state index >= 15 is 0 Å². The van der Waals surface area contributed by atoms with Gasteiger partial charge in [0.2, 0.25) is 0 Å². The molecular formula is C10H12O2. The summed E-state index contributed by atoms with van der Waals surface area (Å²) in [5.74, 6) is 0.737. The third-order valence-electron chi connectivity index (χ3n) is 2.40. The summed E-state index contributed by atoms with van der Waals surface area (Å²) in [7, 11) is 0. The van der Waals surface area contributed by atoms with E-state index in [0.29, 0.717) is 0 Å². The van der Waals surface area contributed by atoms with Gasteiger partial charge in [-0.1, -0.05) is 6.92 Å². The Kier molecular flexibility index (Phi) is 1.56. The molecule has 0 amide bonds. The van der Waals surface area contributed by atoms with Gasteiger partial charge in [0, 0.05) is 11.1 Å². The minimum atomic E-state index is -0.152. The lowest BCUT2D eigenvalue weighted by Crippen LogP contribution is -1.94. The Morgan fingerprint density at radius 1 is 1.42 bits per heavy atom. The van der Waals surface area contributed by atoms with Crippen molar-refractivity contribution in [3.05, 3.63) is 22.5 Å². The van der Waals surface area contributed by atoms with Crippen molar-refractivity contribution in [3.8, 4) is 0 Å². The van der Waals surface area contributed by atoms with Crippen molar-refractivity contribution in [2.45, 2.75) is 33.1 Å². The van der Waals surface area contributed by atoms with Crippen LogP contribution in [0.2, 0.25) is 0 Å². The van der Waals surface area contributed by atoms with Gasteiger partial charge in [0.05, 0.1) is 0 Å². The molecule has 64 valence electrons. The van der Waals surface area contributed by atoms with Crippen LogP contribution in [-0.2, 0) is 9.53 Å². The highest BCUT2D eigenvalue weighted by Gasteiger charge is 2.31. The molecule has 2 rings (SSSR count). The van der Waals surface area contributed by atoms with Crippen molar-refractivity contribution in [3.63, 3.8) is 0 Å². The predicted octanol–water partition coefficient (Wildman–Crippen LogP) is 2.32. The Labute approximate surface area is 71.9 Å². The summed E-state index contributed by atoms with van der Waals surface area (Å²) in [6.45, 7) is 3.90. The molecule has 0 saturated heterocycles. The number of esters is 1. The normalized spacial score (nSPS) is 22.0. The van der Waals surface area contributed by atoms with Gasteiger partial charge in [-0.05, 0) is 31.8 Å². The fourth-order valence-corrected chi connectivity index (χ4v) is 1.53. The van der Waals surface area contributed by atoms with Crippen LogP contribution in [0.3, 0.4) is 0 Å². The molecule has 2 aliphatic rings. The van der Waals surface area contributed by atoms with Gasteiger partial charge in [-0.3, -0.25) is 0 Å². The highest BCUT2D eigenvalue weighted by molar-refractivity contribution is 5.94. The van der Waals surface area contributed by atoms with Gasteiger partial charge in [-0.15, -0.1) is 0 Å². The molecule has 0 N–H and O–H groups in total. The van der Waals surface area contributed by atoms with E-state index in [9.17, 15) is 4.79 Å². The molecule has 0 radical (unpaired) electrons. The molecule has 0 bridgehead atoms. The topological polar surface area (TPSA) is 26.3 Å². The minimum Gasteiger partial charge on any atom is -0.423 e. The number of carbonyl (C=O) groups is 1. The van der Waals surface area contributed by atoms with Crippen LogP contribution in [0.1, 0.15) is 33.1 Å². The number of carbonyl (C=O) groups excluding carboxylic acids is 1. The summed E-state index contributed by atoms with van der Waals surface area (Å²) in [5.41, 5.74) is 3.23. The van der Waals surface area contributed by atoms with Crippen molar-refractivity contribution in [1.82, 2.24) is 0 Å². The van der Waals surface area contributed by atoms with E-state index in [-0.39, 0.29) is 5.97 Å². The quantitative estimate of drug-likeness (QED) is 0.556. The molecule has 0 spiro atoms. The Morgan fingerprint density at radius 2 is 2.08 bits per heavy atom. The average molecular weight is 164 g/mol. The second-order valence-electron chi connectivity index (χ2n) is 3.28. The first-order valence-corrected chi connectivity index (χ1v) is 4.38. The van der Waals surface area contributed by atoms with Gasteiger partial charge in [-0.2, -0.15) is 0 Å². The highest BCUT2D eigenvalue weighted by atomic mass is 16.5. The first-order valence-electron chi connectivity index (χ1n) is 4.38. The number of allylic oxidation sites excluding steroid dienone is 2. The van der Waals surface area contributed by atoms with Crippen molar-refractivity contribution < 1.29 is 9.53 Å². The largest absolute Gasteiger partial charge is 0.423 e. The Hall–Kier alpha value is -1.05. The maximum atomic E-state index is 11.2. The average Bonchev–Trinajstić information content (AvgIpc) is 2.82. The number of hydrogen-bond acceptors (Lipinski definition) is 2. The molecule has 1 aliphatic heterocycles. The van der Waals surface area contributed by atoms with Gasteiger partial charge in [-0.25, -0.2) is 4.79 Å². The molecule has 0 aromatic carbocycles. The van der Waals surface area contributed by atoms with E-state index in [1.165, 1.54) is 5.57 Å². The van der Waals surface area contributed by atoms with Crippen LogP contribution in [0.25, 0.3) is 0 Å². The lowest BCUT2D eigenvalue weighted by atomic mass is 10.1. The Bertz CT molecular complexity index is 302. The predicted molar refractivity (Wildman–Crippen MR) is 45.3 cm³/mol. The van der Waals surface area contributed by atoms with Crippen molar-refractivity contribution in [2.24, 2.45) is 0 Å². The van der Waals surface area contributed by atoms with Gasteiger partial charge in [0.25, 0.3) is 0 Å². The third-order valence-corrected chi connectivity index (χ3v) is 2.40. The number of ether oxygens (including phenoxy) is 1. The number of rotatable bonds is 1. The molecule has 0 unspecified atom stereocenters. The molecule has 0 atom stereocenters. The standard InChI is InChI=1S/C10H12O2/c1-3-8-6(2)10(11)12-9(8)7-4-5-7/h3-5H2,1-2H3. The van der Waals surface area contributed by atoms with E-state index < -0.39 is 0 Å². The van der Waals surface area contributed by atoms with E-state index in [1.807, 2.05) is 6.92 Å². The zero-order valence-electron chi connectivity index (χ0n) is 7.44. The molecule has 0 aromatic heterocycles. The molecule has 2 nitrogen and oxygen atoms in total. The molecule has 1 saturated carbocycles. The first-order chi connectivity index (χ1) is 5.74. The van der Waals surface area contributed by atoms with Crippen LogP contribution in [0.5, 0.6) is 0 Å². The zero-order valence-corrected chi connectivity index (χ0v) is 7.44.